The van der Waals surface area contributed by atoms with E-state index in [1.807, 2.05) is 42.5 Å². The van der Waals surface area contributed by atoms with E-state index in [9.17, 15) is 79.3 Å². The first-order valence-electron chi connectivity index (χ1n) is 43.8. The van der Waals surface area contributed by atoms with E-state index in [1.54, 1.807) is 24.3 Å². The largest absolute Gasteiger partial charge is 0.748 e. The van der Waals surface area contributed by atoms with Crippen molar-refractivity contribution < 1.29 is 129 Å². The normalized spacial score (nSPS) is 15.1. The maximum absolute atomic E-state index is 14.8. The minimum absolute atomic E-state index is 0.0280. The Bertz CT molecular complexity index is 5230. The molecule has 42 nitrogen and oxygen atoms in total. The highest BCUT2D eigenvalue weighted by molar-refractivity contribution is 7.86. The molecule has 0 fully saturated rings. The third-order valence-corrected chi connectivity index (χ3v) is 23.7. The van der Waals surface area contributed by atoms with Gasteiger partial charge in [0, 0.05) is 124 Å². The van der Waals surface area contributed by atoms with Crippen molar-refractivity contribution >= 4 is 136 Å². The Hall–Kier alpha value is -12.2. The number of para-hydroxylation sites is 2. The fraction of sp³-hybridized carbons (Fsp3) is 0.545. The molecule has 0 aromatic heterocycles. The van der Waals surface area contributed by atoms with Crippen LogP contribution in [0.4, 0.5) is 16.2 Å². The summed E-state index contributed by atoms with van der Waals surface area (Å²) in [6, 6.07) is 18.5. The molecule has 46 heteroatoms. The number of aliphatic imine (C=N–C) groups is 3. The van der Waals surface area contributed by atoms with Crippen LogP contribution in [0.15, 0.2) is 135 Å². The van der Waals surface area contributed by atoms with Gasteiger partial charge < -0.3 is 85.2 Å². The number of carboxylic acids is 3. The lowest BCUT2D eigenvalue weighted by atomic mass is 9.81. The lowest BCUT2D eigenvalue weighted by Crippen LogP contribution is -2.46. The van der Waals surface area contributed by atoms with Gasteiger partial charge in [-0.1, -0.05) is 101 Å². The zero-order valence-electron chi connectivity index (χ0n) is 75.8. The van der Waals surface area contributed by atoms with Crippen molar-refractivity contribution in [3.63, 3.8) is 0 Å². The predicted octanol–water partition coefficient (Wildman–Crippen LogP) is 5.53. The fourth-order valence-electron chi connectivity index (χ4n) is 15.6. The van der Waals surface area contributed by atoms with Crippen molar-refractivity contribution in [2.24, 2.45) is 61.2 Å². The van der Waals surface area contributed by atoms with Gasteiger partial charge >= 0.3 is 51.3 Å². The highest BCUT2D eigenvalue weighted by Crippen LogP contribution is 2.48. The third kappa shape index (κ3) is 45.5. The molecule has 3 aliphatic rings. The van der Waals surface area contributed by atoms with E-state index in [1.165, 1.54) is 0 Å². The zero-order chi connectivity index (χ0) is 100. The van der Waals surface area contributed by atoms with Gasteiger partial charge in [-0.2, -0.15) is 22.6 Å². The number of unbranched alkanes of at least 4 members (excludes halogenated alkanes) is 8. The summed E-state index contributed by atoms with van der Waals surface area (Å²) in [7, 11) is -14.8. The second-order valence-electron chi connectivity index (χ2n) is 33.1. The van der Waals surface area contributed by atoms with E-state index >= 15 is 0 Å². The number of ketones is 3. The number of nitrogens with one attached hydrogen (secondary N) is 4. The summed E-state index contributed by atoms with van der Waals surface area (Å²) in [5.74, 6) is -8.83. The number of Topliss-reactive ketones (excluding diaryl/α,β-unsaturated/α-hetero) is 3. The first-order valence-corrected chi connectivity index (χ1v) is 49.0. The predicted molar refractivity (Wildman–Crippen MR) is 495 cm³/mol. The molecule has 740 valence electrons. The fourth-order valence-corrected chi connectivity index (χ4v) is 16.7. The molecule has 4 amide bonds. The van der Waals surface area contributed by atoms with Gasteiger partial charge in [-0.05, 0) is 176 Å². The quantitative estimate of drug-likeness (QED) is 0.0109. The van der Waals surface area contributed by atoms with Gasteiger partial charge in [-0.25, -0.2) is 18.0 Å². The van der Waals surface area contributed by atoms with E-state index in [0.717, 1.165) is 64.3 Å². The number of urea groups is 1. The smallest absolute Gasteiger partial charge is 0.425 e. The number of aliphatic carboxylic acids is 3. The Balaban J connectivity index is 0.00000398. The number of ether oxygens (including phenoxy) is 1. The summed E-state index contributed by atoms with van der Waals surface area (Å²) in [5, 5.41) is 39.7. The molecule has 3 aromatic carbocycles. The van der Waals surface area contributed by atoms with E-state index in [-0.39, 0.29) is 158 Å². The number of allylic oxidation sites excluding steroid dienone is 7. The summed E-state index contributed by atoms with van der Waals surface area (Å²) < 4.78 is 128. The van der Waals surface area contributed by atoms with Crippen LogP contribution in [0.5, 0.6) is 5.75 Å². The lowest BCUT2D eigenvalue weighted by Gasteiger charge is -2.28. The number of nitrogens with zero attached hydrogens (tertiary/aromatic N) is 5. The minimum atomic E-state index is -4.43. The molecule has 0 spiro atoms. The average molecular weight is 1960 g/mol. The molecule has 1 aliphatic carbocycles. The van der Waals surface area contributed by atoms with Crippen LogP contribution in [0.25, 0.3) is 0 Å². The number of guanidine groups is 3. The summed E-state index contributed by atoms with van der Waals surface area (Å²) in [5.41, 5.74) is 41.0. The Morgan fingerprint density at radius 3 is 1.69 bits per heavy atom. The zero-order valence-corrected chi connectivity index (χ0v) is 79.1. The molecule has 134 heavy (non-hydrogen) atoms. The van der Waals surface area contributed by atoms with E-state index in [4.69, 9.17) is 79.1 Å². The number of fused-ring (bicyclic) bond motifs is 2. The molecule has 3 aromatic rings. The number of carboxylic acid groups (broad SMARTS) is 3. The van der Waals surface area contributed by atoms with Crippen molar-refractivity contribution in [2.75, 3.05) is 55.7 Å². The highest BCUT2D eigenvalue weighted by atomic mass is 32.2. The second-order valence-corrected chi connectivity index (χ2v) is 37.0. The number of carbonyl (C=O) groups is 9. The minimum Gasteiger partial charge on any atom is -0.748 e. The molecule has 2 aliphatic heterocycles. The van der Waals surface area contributed by atoms with E-state index in [2.05, 4.69) is 104 Å². The van der Waals surface area contributed by atoms with Crippen molar-refractivity contribution in [2.45, 2.75) is 243 Å². The van der Waals surface area contributed by atoms with Gasteiger partial charge in [0.15, 0.2) is 35.2 Å². The summed E-state index contributed by atoms with van der Waals surface area (Å²) in [6.45, 7) is 9.81. The van der Waals surface area contributed by atoms with E-state index < -0.39 is 142 Å². The van der Waals surface area contributed by atoms with Crippen LogP contribution in [0.3, 0.4) is 0 Å². The van der Waals surface area contributed by atoms with Crippen LogP contribution in [-0.2, 0) is 107 Å². The van der Waals surface area contributed by atoms with Crippen LogP contribution in [-0.4, -0.2) is 223 Å². The first-order chi connectivity index (χ1) is 63.1. The SMILES string of the molecule is CC1(C)C(=CC=C2CCCC(C=CC3=[N+](CCCCS(=O)(=O)O)c4ccccc4C3(C)C)=C2Oc2ccc(C[C@H](CC(=O)[C@H](CCCN=C(N)N)NC(=O)[C@H](CCCCN=C(N)N)CC(=O)[C@H](CCCN=C(N)N)NC(=O)CCCCCCCCC(=O)CC[C@H](NC(=O)NCCCC(=O)O)C(=O)O)C(=O)O)cc2)N(CCCCS(=O)(=O)[O-])c2ccccc21.O=C=O.O=S(=O)=O.O=S(=O)=O. The Morgan fingerprint density at radius 2 is 1.12 bits per heavy atom. The molecule has 6 rings (SSSR count). The van der Waals surface area contributed by atoms with Crippen molar-refractivity contribution in [1.82, 2.24) is 21.3 Å². The lowest BCUT2D eigenvalue weighted by molar-refractivity contribution is -0.438. The first kappa shape index (κ1) is 116. The van der Waals surface area contributed by atoms with Gasteiger partial charge in [0.05, 0.1) is 39.3 Å². The van der Waals surface area contributed by atoms with Crippen LogP contribution < -0.4 is 65.3 Å². The molecular weight excluding hydrogens is 1830 g/mol. The molecule has 0 radical (unpaired) electrons. The van der Waals surface area contributed by atoms with Gasteiger partial charge in [0.1, 0.15) is 29.9 Å². The second kappa shape index (κ2) is 60.1. The molecule has 20 N–H and O–H groups in total. The number of carbonyl (C=O) groups excluding carboxylic acids is 8. The monoisotopic (exact) mass is 1950 g/mol. The number of nitrogens with two attached hydrogens (primary N) is 6. The summed E-state index contributed by atoms with van der Waals surface area (Å²) in [4.78, 5) is 149. The number of benzene rings is 3. The van der Waals surface area contributed by atoms with Crippen LogP contribution in [0.2, 0.25) is 0 Å². The van der Waals surface area contributed by atoms with Crippen molar-refractivity contribution in [3.8, 4) is 5.75 Å². The summed E-state index contributed by atoms with van der Waals surface area (Å²) >= 11 is 0. The van der Waals surface area contributed by atoms with E-state index in [0.29, 0.717) is 94.4 Å². The highest BCUT2D eigenvalue weighted by Gasteiger charge is 2.45. The number of hydrogen-bond acceptors (Lipinski definition) is 27. The molecule has 5 atom stereocenters. The number of rotatable bonds is 58. The molecule has 0 unspecified atom stereocenters. The maximum atomic E-state index is 14.8. The Kier molecular flexibility index (Phi) is 52.0. The Labute approximate surface area is 783 Å². The third-order valence-electron chi connectivity index (χ3n) is 22.1. The Morgan fingerprint density at radius 1 is 0.575 bits per heavy atom. The van der Waals surface area contributed by atoms with Gasteiger partial charge in [0.25, 0.3) is 10.1 Å². The van der Waals surface area contributed by atoms with Gasteiger partial charge in [-0.3, -0.25) is 53.1 Å². The standard InChI is InChI=1S/C87H127N15O19S2.CO2.2O3S/c1-86(2)65-29-11-13-33-70(65)101(51-17-19-53-122(115,116)117)74(86)45-39-59-26-21-27-60(40-46-75-87(3,4)66-30-12-14-34-71(66)102(75)52-18-20-54-123(118,119)120)78(59)121-64-42-37-58(38-43-64)55-62(80(110)111)57-73(105)68(32-23-49-96-84(92)93)99-79(109)61(25-15-16-47-94-82(88)89)56-72(104)67(31-22-48-95-83(90)91)98-76(106)35-10-8-6-5-7-9-28-63(103)41-44-69(81(112)113)100-85(114)97-50-24-36-77(107)108;2-1-3;2*1-4(2)3/h11-14,29-30,33-34,37-40,42-43,45-46,61-62,67-69H,5-10,15-28,31-32,35-36,41,44,47-57H2,1-4H3,(H20-,88,89,90,91,92,93,94,95,96,97,98,99,100,106,107,108,109,110,111,112,113,114,115,116,117,118,119,120);;;/t61-,62-,67+,68+,69+;;;/m1.../s1. The van der Waals surface area contributed by atoms with Gasteiger partial charge in [0.2, 0.25) is 17.5 Å². The van der Waals surface area contributed by atoms with Crippen LogP contribution >= 0.6 is 0 Å². The summed E-state index contributed by atoms with van der Waals surface area (Å²) in [6.07, 6.45) is 15.8. The topological polar surface area (TPSA) is 719 Å². The van der Waals surface area contributed by atoms with Crippen molar-refractivity contribution in [3.05, 3.63) is 136 Å². The molecule has 0 bridgehead atoms. The average Bonchev–Trinajstić information content (AvgIpc) is 1.60. The molecule has 0 saturated carbocycles. The van der Waals surface area contributed by atoms with Crippen molar-refractivity contribution in [1.29, 1.82) is 0 Å². The number of hydrogen-bond donors (Lipinski definition) is 14. The molecule has 2 heterocycles. The van der Waals surface area contributed by atoms with Crippen LogP contribution in [0.1, 0.15) is 224 Å². The van der Waals surface area contributed by atoms with Gasteiger partial charge in [-0.15, -0.1) is 25.3 Å². The van der Waals surface area contributed by atoms with Crippen LogP contribution in [0, 0.1) is 11.8 Å². The molecular formula is C88H127N15O27S4. The number of amides is 4. The maximum Gasteiger partial charge on any atom is 0.425 e. The molecule has 0 saturated heterocycles. The number of anilines is 1.